The molecule has 0 radical (unpaired) electrons. The smallest absolute Gasteiger partial charge is 0.191 e. The summed E-state index contributed by atoms with van der Waals surface area (Å²) in [6.45, 7) is 3.80. The second kappa shape index (κ2) is 7.34. The van der Waals surface area contributed by atoms with Crippen molar-refractivity contribution in [3.63, 3.8) is 0 Å². The molecule has 160 valence electrons. The third-order valence-electron chi connectivity index (χ3n) is 8.37. The Morgan fingerprint density at radius 1 is 0.871 bits per heavy atom. The summed E-state index contributed by atoms with van der Waals surface area (Å²) in [4.78, 5) is 18.5. The van der Waals surface area contributed by atoms with Crippen LogP contribution in [0.3, 0.4) is 0 Å². The molecular formula is C28H32N2O. The lowest BCUT2D eigenvalue weighted by Crippen LogP contribution is -2.63. The number of nitrogens with zero attached hydrogens (tertiary/aromatic N) is 2. The Morgan fingerprint density at radius 3 is 2.10 bits per heavy atom. The molecule has 2 aromatic rings. The van der Waals surface area contributed by atoms with Gasteiger partial charge in [0.25, 0.3) is 0 Å². The van der Waals surface area contributed by atoms with Crippen LogP contribution in [-0.4, -0.2) is 29.4 Å². The van der Waals surface area contributed by atoms with E-state index in [4.69, 9.17) is 0 Å². The van der Waals surface area contributed by atoms with Gasteiger partial charge in [-0.25, -0.2) is 0 Å². The Hall–Kier alpha value is -2.39. The monoisotopic (exact) mass is 412 g/mol. The summed E-state index contributed by atoms with van der Waals surface area (Å²) in [6, 6.07) is 18.5. The largest absolute Gasteiger partial charge is 0.334 e. The summed E-state index contributed by atoms with van der Waals surface area (Å²) in [7, 11) is 0. The van der Waals surface area contributed by atoms with Crippen molar-refractivity contribution in [2.75, 3.05) is 18.1 Å². The van der Waals surface area contributed by atoms with E-state index in [2.05, 4.69) is 47.2 Å². The fraction of sp³-hybridized carbons (Fsp3) is 0.464. The number of ketones is 1. The van der Waals surface area contributed by atoms with E-state index in [9.17, 15) is 4.79 Å². The predicted octanol–water partition coefficient (Wildman–Crippen LogP) is 5.81. The molecule has 31 heavy (non-hydrogen) atoms. The zero-order valence-electron chi connectivity index (χ0n) is 18.5. The van der Waals surface area contributed by atoms with Gasteiger partial charge in [0.1, 0.15) is 0 Å². The van der Waals surface area contributed by atoms with Gasteiger partial charge in [-0.15, -0.1) is 0 Å². The molecule has 4 saturated carbocycles. The fourth-order valence-electron chi connectivity index (χ4n) is 7.28. The van der Waals surface area contributed by atoms with Gasteiger partial charge >= 0.3 is 0 Å². The molecule has 0 amide bonds. The van der Waals surface area contributed by atoms with E-state index in [0.29, 0.717) is 0 Å². The maximum Gasteiger partial charge on any atom is 0.191 e. The van der Waals surface area contributed by atoms with Gasteiger partial charge in [0.2, 0.25) is 0 Å². The molecule has 4 bridgehead atoms. The SMILES string of the molecule is Cc1ccc(N2C=C(C(=O)c3ccccc3)CN(C34CC5CC(CC(C5)C3)C4)C2)cc1. The number of aryl methyl sites for hydroxylation is 1. The highest BCUT2D eigenvalue weighted by molar-refractivity contribution is 6.09. The number of carbonyl (C=O) groups is 1. The molecular weight excluding hydrogens is 380 g/mol. The summed E-state index contributed by atoms with van der Waals surface area (Å²) in [6.07, 6.45) is 10.4. The Labute approximate surface area is 185 Å². The first kappa shape index (κ1) is 19.3. The Morgan fingerprint density at radius 2 is 1.48 bits per heavy atom. The van der Waals surface area contributed by atoms with Crippen LogP contribution >= 0.6 is 0 Å². The molecule has 1 heterocycles. The Bertz CT molecular complexity index is 972. The van der Waals surface area contributed by atoms with Crippen molar-refractivity contribution >= 4 is 11.5 Å². The lowest BCUT2D eigenvalue weighted by atomic mass is 9.52. The van der Waals surface area contributed by atoms with Crippen molar-refractivity contribution in [2.45, 2.75) is 51.0 Å². The first-order valence-electron chi connectivity index (χ1n) is 12.0. The van der Waals surface area contributed by atoms with E-state index >= 15 is 0 Å². The number of carbonyl (C=O) groups excluding carboxylic acids is 1. The predicted molar refractivity (Wildman–Crippen MR) is 125 cm³/mol. The summed E-state index contributed by atoms with van der Waals surface area (Å²) < 4.78 is 0. The van der Waals surface area contributed by atoms with Gasteiger partial charge in [-0.3, -0.25) is 9.69 Å². The van der Waals surface area contributed by atoms with Gasteiger partial charge in [-0.1, -0.05) is 48.0 Å². The lowest BCUT2D eigenvalue weighted by molar-refractivity contribution is -0.0859. The zero-order chi connectivity index (χ0) is 21.0. The van der Waals surface area contributed by atoms with Crippen LogP contribution in [0.1, 0.15) is 54.4 Å². The van der Waals surface area contributed by atoms with E-state index in [1.54, 1.807) is 0 Å². The van der Waals surface area contributed by atoms with Crippen molar-refractivity contribution < 1.29 is 4.79 Å². The summed E-state index contributed by atoms with van der Waals surface area (Å²) >= 11 is 0. The average molecular weight is 413 g/mol. The first-order valence-corrected chi connectivity index (χ1v) is 12.0. The maximum absolute atomic E-state index is 13.5. The maximum atomic E-state index is 13.5. The zero-order valence-corrected chi connectivity index (χ0v) is 18.5. The number of rotatable bonds is 4. The molecule has 4 aliphatic carbocycles. The van der Waals surface area contributed by atoms with Crippen LogP contribution in [0.4, 0.5) is 5.69 Å². The second-order valence-corrected chi connectivity index (χ2v) is 10.6. The topological polar surface area (TPSA) is 23.6 Å². The van der Waals surface area contributed by atoms with Crippen LogP contribution in [0.15, 0.2) is 66.4 Å². The molecule has 3 nitrogen and oxygen atoms in total. The molecule has 2 aromatic carbocycles. The molecule has 0 saturated heterocycles. The molecule has 0 spiro atoms. The van der Waals surface area contributed by atoms with E-state index in [0.717, 1.165) is 42.1 Å². The Balaban J connectivity index is 1.36. The lowest BCUT2D eigenvalue weighted by Gasteiger charge is -2.61. The van der Waals surface area contributed by atoms with Crippen LogP contribution in [0.25, 0.3) is 0 Å². The van der Waals surface area contributed by atoms with Crippen molar-refractivity contribution in [3.8, 4) is 0 Å². The first-order chi connectivity index (χ1) is 15.1. The normalized spacial score (nSPS) is 32.2. The van der Waals surface area contributed by atoms with Gasteiger partial charge in [0.15, 0.2) is 5.78 Å². The fourth-order valence-corrected chi connectivity index (χ4v) is 7.28. The number of anilines is 1. The van der Waals surface area contributed by atoms with Gasteiger partial charge in [0, 0.05) is 35.1 Å². The summed E-state index contributed by atoms with van der Waals surface area (Å²) in [5.41, 5.74) is 4.45. The third-order valence-corrected chi connectivity index (χ3v) is 8.37. The van der Waals surface area contributed by atoms with E-state index in [-0.39, 0.29) is 11.3 Å². The highest BCUT2D eigenvalue weighted by Crippen LogP contribution is 2.58. The van der Waals surface area contributed by atoms with Gasteiger partial charge in [0.05, 0.1) is 6.67 Å². The van der Waals surface area contributed by atoms with Crippen molar-refractivity contribution in [1.29, 1.82) is 0 Å². The van der Waals surface area contributed by atoms with E-state index < -0.39 is 0 Å². The number of hydrogen-bond acceptors (Lipinski definition) is 3. The van der Waals surface area contributed by atoms with Gasteiger partial charge in [-0.2, -0.15) is 0 Å². The van der Waals surface area contributed by atoms with Gasteiger partial charge in [-0.05, 0) is 75.3 Å². The van der Waals surface area contributed by atoms with Crippen LogP contribution in [0, 0.1) is 24.7 Å². The van der Waals surface area contributed by atoms with Crippen LogP contribution in [0.5, 0.6) is 0 Å². The van der Waals surface area contributed by atoms with E-state index in [1.165, 1.54) is 49.8 Å². The minimum absolute atomic E-state index is 0.173. The number of benzene rings is 2. The van der Waals surface area contributed by atoms with Crippen molar-refractivity contribution in [3.05, 3.63) is 77.5 Å². The molecule has 0 atom stereocenters. The number of hydrogen-bond donors (Lipinski definition) is 0. The van der Waals surface area contributed by atoms with Crippen molar-refractivity contribution in [2.24, 2.45) is 17.8 Å². The third kappa shape index (κ3) is 3.43. The molecule has 7 rings (SSSR count). The van der Waals surface area contributed by atoms with E-state index in [1.807, 2.05) is 30.3 Å². The molecule has 1 aliphatic heterocycles. The Kier molecular flexibility index (Phi) is 4.57. The second-order valence-electron chi connectivity index (χ2n) is 10.6. The minimum atomic E-state index is 0.173. The molecule has 0 aromatic heterocycles. The quantitative estimate of drug-likeness (QED) is 0.592. The highest BCUT2D eigenvalue weighted by atomic mass is 16.1. The van der Waals surface area contributed by atoms with Crippen LogP contribution in [0.2, 0.25) is 0 Å². The van der Waals surface area contributed by atoms with Crippen LogP contribution < -0.4 is 4.90 Å². The molecule has 5 aliphatic rings. The standard InChI is InChI=1S/C28H32N2O/c1-20-7-9-26(10-8-20)29-17-25(27(31)24-5-3-2-4-6-24)18-30(19-29)28-14-21-11-22(15-28)13-23(12-21)16-28/h2-10,17,21-23H,11-16,18-19H2,1H3. The minimum Gasteiger partial charge on any atom is -0.334 e. The molecule has 4 fully saturated rings. The van der Waals surface area contributed by atoms with Crippen molar-refractivity contribution in [1.82, 2.24) is 4.90 Å². The molecule has 3 heteroatoms. The molecule has 0 N–H and O–H groups in total. The highest BCUT2D eigenvalue weighted by Gasteiger charge is 2.54. The summed E-state index contributed by atoms with van der Waals surface area (Å²) in [5, 5.41) is 0. The van der Waals surface area contributed by atoms with Crippen LogP contribution in [-0.2, 0) is 0 Å². The number of Topliss-reactive ketones (excluding diaryl/α,β-unsaturated/α-hetero) is 1. The summed E-state index contributed by atoms with van der Waals surface area (Å²) in [5.74, 6) is 2.88. The van der Waals surface area contributed by atoms with Gasteiger partial charge < -0.3 is 4.90 Å². The molecule has 0 unspecified atom stereocenters. The average Bonchev–Trinajstić information content (AvgIpc) is 2.78.